The predicted molar refractivity (Wildman–Crippen MR) is 35.5 cm³/mol. The van der Waals surface area contributed by atoms with Crippen LogP contribution in [0.2, 0.25) is 0 Å². The highest BCUT2D eigenvalue weighted by Gasteiger charge is 2.15. The standard InChI is InChI=1S/C6H8N2O2/c1-3-5(8-7)6(9)10-4-2/h3H,1,4H2,2H3. The highest BCUT2D eigenvalue weighted by molar-refractivity contribution is 6.38. The van der Waals surface area contributed by atoms with E-state index >= 15 is 0 Å². The van der Waals surface area contributed by atoms with E-state index in [0.29, 0.717) is 0 Å². The lowest BCUT2D eigenvalue weighted by Crippen LogP contribution is -2.15. The Morgan fingerprint density at radius 1 is 1.90 bits per heavy atom. The summed E-state index contributed by atoms with van der Waals surface area (Å²) in [5.41, 5.74) is 7.96. The van der Waals surface area contributed by atoms with Crippen LogP contribution in [0.15, 0.2) is 12.7 Å². The van der Waals surface area contributed by atoms with Gasteiger partial charge in [0.15, 0.2) is 0 Å². The fourth-order valence-corrected chi connectivity index (χ4v) is 0.370. The van der Waals surface area contributed by atoms with Gasteiger partial charge in [0.2, 0.25) is 0 Å². The smallest absolute Gasteiger partial charge is 0.421 e. The Balaban J connectivity index is 4.18. The topological polar surface area (TPSA) is 62.7 Å². The number of carbonyl (C=O) groups is 1. The van der Waals surface area contributed by atoms with Gasteiger partial charge in [-0.25, -0.2) is 4.79 Å². The highest BCUT2D eigenvalue weighted by Crippen LogP contribution is 1.80. The van der Waals surface area contributed by atoms with E-state index in [9.17, 15) is 4.79 Å². The molecule has 0 rings (SSSR count). The first kappa shape index (κ1) is 8.59. The average molecular weight is 140 g/mol. The van der Waals surface area contributed by atoms with Crippen LogP contribution in [0.25, 0.3) is 5.53 Å². The molecule has 0 amide bonds. The van der Waals surface area contributed by atoms with Crippen molar-refractivity contribution in [3.8, 4) is 0 Å². The van der Waals surface area contributed by atoms with Crippen molar-refractivity contribution < 1.29 is 14.3 Å². The monoisotopic (exact) mass is 140 g/mol. The molecule has 0 atom stereocenters. The van der Waals surface area contributed by atoms with E-state index < -0.39 is 5.97 Å². The summed E-state index contributed by atoms with van der Waals surface area (Å²) in [6, 6.07) is 0. The molecule has 0 fully saturated rings. The first-order valence-electron chi connectivity index (χ1n) is 2.77. The molecule has 0 saturated heterocycles. The van der Waals surface area contributed by atoms with Crippen LogP contribution >= 0.6 is 0 Å². The minimum atomic E-state index is -0.667. The SMILES string of the molecule is C=CC(=[N+]=[N-])C(=O)OCC. The average Bonchev–Trinajstić information content (AvgIpc) is 1.91. The normalized spacial score (nSPS) is 7.70. The Labute approximate surface area is 58.7 Å². The summed E-state index contributed by atoms with van der Waals surface area (Å²) in [5.74, 6) is -0.667. The molecule has 4 nitrogen and oxygen atoms in total. The van der Waals surface area contributed by atoms with Gasteiger partial charge in [0.05, 0.1) is 6.61 Å². The van der Waals surface area contributed by atoms with E-state index in [0.717, 1.165) is 6.08 Å². The third kappa shape index (κ3) is 2.24. The second kappa shape index (κ2) is 4.47. The Morgan fingerprint density at radius 3 is 2.80 bits per heavy atom. The van der Waals surface area contributed by atoms with Gasteiger partial charge < -0.3 is 10.3 Å². The van der Waals surface area contributed by atoms with Crippen molar-refractivity contribution in [1.82, 2.24) is 0 Å². The molecule has 0 heterocycles. The van der Waals surface area contributed by atoms with E-state index in [2.05, 4.69) is 16.1 Å². The summed E-state index contributed by atoms with van der Waals surface area (Å²) < 4.78 is 4.48. The molecule has 0 aliphatic rings. The molecule has 0 aromatic rings. The van der Waals surface area contributed by atoms with Crippen molar-refractivity contribution in [3.63, 3.8) is 0 Å². The fraction of sp³-hybridized carbons (Fsp3) is 0.333. The molecular weight excluding hydrogens is 132 g/mol. The van der Waals surface area contributed by atoms with E-state index in [4.69, 9.17) is 5.53 Å². The number of nitrogens with zero attached hydrogens (tertiary/aromatic N) is 2. The molecular formula is C6H8N2O2. The Bertz CT molecular complexity index is 192. The van der Waals surface area contributed by atoms with Crippen LogP contribution in [-0.2, 0) is 9.53 Å². The number of ether oxygens (including phenoxy) is 1. The molecule has 0 spiro atoms. The van der Waals surface area contributed by atoms with Crippen molar-refractivity contribution in [2.24, 2.45) is 0 Å². The van der Waals surface area contributed by atoms with Crippen LogP contribution in [0.3, 0.4) is 0 Å². The van der Waals surface area contributed by atoms with E-state index in [1.807, 2.05) is 0 Å². The van der Waals surface area contributed by atoms with E-state index in [1.165, 1.54) is 0 Å². The zero-order valence-corrected chi connectivity index (χ0v) is 5.70. The second-order valence-corrected chi connectivity index (χ2v) is 1.41. The third-order valence-corrected chi connectivity index (χ3v) is 0.786. The van der Waals surface area contributed by atoms with Gasteiger partial charge >= 0.3 is 11.7 Å². The largest absolute Gasteiger partial charge is 0.457 e. The fourth-order valence-electron chi connectivity index (χ4n) is 0.370. The molecule has 54 valence electrons. The second-order valence-electron chi connectivity index (χ2n) is 1.41. The number of rotatable bonds is 3. The lowest BCUT2D eigenvalue weighted by molar-refractivity contribution is -0.139. The number of carbonyl (C=O) groups excluding carboxylic acids is 1. The molecule has 10 heavy (non-hydrogen) atoms. The van der Waals surface area contributed by atoms with Gasteiger partial charge in [0.1, 0.15) is 0 Å². The molecule has 0 aromatic carbocycles. The van der Waals surface area contributed by atoms with Gasteiger partial charge in [-0.2, -0.15) is 4.79 Å². The molecule has 0 unspecified atom stereocenters. The predicted octanol–water partition coefficient (Wildman–Crippen LogP) is 0.406. The third-order valence-electron chi connectivity index (χ3n) is 0.786. The summed E-state index contributed by atoms with van der Waals surface area (Å²) in [7, 11) is 0. The first-order valence-corrected chi connectivity index (χ1v) is 2.77. The van der Waals surface area contributed by atoms with E-state index in [1.54, 1.807) is 6.92 Å². The highest BCUT2D eigenvalue weighted by atomic mass is 16.5. The maximum atomic E-state index is 10.6. The van der Waals surface area contributed by atoms with Crippen LogP contribution < -0.4 is 0 Å². The van der Waals surface area contributed by atoms with Crippen LogP contribution in [0.1, 0.15) is 6.92 Å². The summed E-state index contributed by atoms with van der Waals surface area (Å²) in [6.07, 6.45) is 1.12. The van der Waals surface area contributed by atoms with Gasteiger partial charge in [-0.15, -0.1) is 0 Å². The van der Waals surface area contributed by atoms with E-state index in [-0.39, 0.29) is 12.3 Å². The molecule has 0 bridgehead atoms. The lowest BCUT2D eigenvalue weighted by atomic mass is 10.4. The summed E-state index contributed by atoms with van der Waals surface area (Å²) in [6.45, 7) is 5.16. The van der Waals surface area contributed by atoms with Gasteiger partial charge in [0, 0.05) is 6.08 Å². The van der Waals surface area contributed by atoms with Gasteiger partial charge in [-0.3, -0.25) is 0 Å². The minimum absolute atomic E-state index is 0.179. The van der Waals surface area contributed by atoms with Crippen LogP contribution in [-0.4, -0.2) is 23.1 Å². The van der Waals surface area contributed by atoms with Crippen LogP contribution in [0, 0.1) is 0 Å². The van der Waals surface area contributed by atoms with Crippen LogP contribution in [0.4, 0.5) is 0 Å². The van der Waals surface area contributed by atoms with Crippen molar-refractivity contribution in [3.05, 3.63) is 18.2 Å². The van der Waals surface area contributed by atoms with Crippen molar-refractivity contribution in [2.45, 2.75) is 6.92 Å². The molecule has 0 aliphatic carbocycles. The summed E-state index contributed by atoms with van der Waals surface area (Å²) >= 11 is 0. The Kier molecular flexibility index (Phi) is 3.84. The minimum Gasteiger partial charge on any atom is -0.457 e. The molecule has 4 heteroatoms. The van der Waals surface area contributed by atoms with Crippen molar-refractivity contribution in [2.75, 3.05) is 6.61 Å². The number of hydrogen-bond donors (Lipinski definition) is 0. The molecule has 0 N–H and O–H groups in total. The van der Waals surface area contributed by atoms with Gasteiger partial charge in [-0.1, -0.05) is 6.58 Å². The molecule has 0 saturated carbocycles. The Hall–Kier alpha value is -1.41. The maximum absolute atomic E-state index is 10.6. The van der Waals surface area contributed by atoms with Gasteiger partial charge in [0.25, 0.3) is 0 Å². The van der Waals surface area contributed by atoms with Gasteiger partial charge in [-0.05, 0) is 6.92 Å². The summed E-state index contributed by atoms with van der Waals surface area (Å²) in [5, 5.41) is 0. The number of esters is 1. The van der Waals surface area contributed by atoms with Crippen LogP contribution in [0.5, 0.6) is 0 Å². The van der Waals surface area contributed by atoms with Crippen molar-refractivity contribution >= 4 is 11.7 Å². The maximum Gasteiger partial charge on any atom is 0.421 e. The molecule has 0 radical (unpaired) electrons. The Morgan fingerprint density at radius 2 is 2.50 bits per heavy atom. The zero-order chi connectivity index (χ0) is 7.98. The number of hydrogen-bond acceptors (Lipinski definition) is 2. The molecule has 0 aromatic heterocycles. The summed E-state index contributed by atoms with van der Waals surface area (Å²) in [4.78, 5) is 13.3. The molecule has 0 aliphatic heterocycles. The zero-order valence-electron chi connectivity index (χ0n) is 5.70. The first-order chi connectivity index (χ1) is 4.76. The van der Waals surface area contributed by atoms with Crippen molar-refractivity contribution in [1.29, 1.82) is 0 Å². The lowest BCUT2D eigenvalue weighted by Gasteiger charge is -1.91. The quantitative estimate of drug-likeness (QED) is 0.246.